The summed E-state index contributed by atoms with van der Waals surface area (Å²) in [6, 6.07) is 11.2. The third kappa shape index (κ3) is 10.7. The normalized spacial score (nSPS) is 13.5. The molecule has 1 aromatic carbocycles. The molecule has 1 aromatic heterocycles. The van der Waals surface area contributed by atoms with E-state index in [1.807, 2.05) is 32.0 Å². The van der Waals surface area contributed by atoms with Crippen LogP contribution in [0, 0.1) is 0 Å². The molecule has 0 spiro atoms. The zero-order valence-electron chi connectivity index (χ0n) is 23.7. The second-order valence-electron chi connectivity index (χ2n) is 8.55. The molecule has 0 saturated carbocycles. The van der Waals surface area contributed by atoms with Gasteiger partial charge in [-0.05, 0) is 37.5 Å². The number of benzene rings is 1. The fourth-order valence-corrected chi connectivity index (χ4v) is 3.95. The zero-order chi connectivity index (χ0) is 27.6. The first-order chi connectivity index (χ1) is 18.6. The van der Waals surface area contributed by atoms with Crippen LogP contribution in [0.25, 0.3) is 0 Å². The topological polar surface area (TPSA) is 88.5 Å². The molecule has 0 atom stereocenters. The van der Waals surface area contributed by atoms with E-state index in [1.165, 1.54) is 0 Å². The predicted octanol–water partition coefficient (Wildman–Crippen LogP) is 5.31. The van der Waals surface area contributed by atoms with Gasteiger partial charge >= 0.3 is 5.97 Å². The number of hydrogen-bond acceptors (Lipinski definition) is 9. The van der Waals surface area contributed by atoms with Crippen molar-refractivity contribution in [3.63, 3.8) is 0 Å². The Kier molecular flexibility index (Phi) is 14.8. The quantitative estimate of drug-likeness (QED) is 0.200. The molecule has 1 aliphatic rings. The molecule has 9 heteroatoms. The first-order valence-electron chi connectivity index (χ1n) is 13.9. The Morgan fingerprint density at radius 2 is 1.89 bits per heavy atom. The molecule has 0 unspecified atom stereocenters. The molecule has 2 aromatic rings. The lowest BCUT2D eigenvalue weighted by molar-refractivity contribution is 0.0320. The van der Waals surface area contributed by atoms with Gasteiger partial charge in [-0.3, -0.25) is 10.3 Å². The van der Waals surface area contributed by atoms with Gasteiger partial charge in [0.05, 0.1) is 31.6 Å². The van der Waals surface area contributed by atoms with Gasteiger partial charge in [0, 0.05) is 52.0 Å². The average molecular weight is 530 g/mol. The lowest BCUT2D eigenvalue weighted by atomic mass is 10.1. The molecule has 212 valence electrons. The maximum absolute atomic E-state index is 12.0. The van der Waals surface area contributed by atoms with Gasteiger partial charge in [0.15, 0.2) is 5.82 Å². The Hall–Kier alpha value is -3.17. The summed E-state index contributed by atoms with van der Waals surface area (Å²) in [6.45, 7) is 17.2. The molecule has 38 heavy (non-hydrogen) atoms. The highest BCUT2D eigenvalue weighted by molar-refractivity contribution is 5.92. The first kappa shape index (κ1) is 31.1. The number of carbonyl (C=O) groups is 1. The highest BCUT2D eigenvalue weighted by Gasteiger charge is 2.13. The number of esters is 1. The van der Waals surface area contributed by atoms with E-state index in [0.29, 0.717) is 30.5 Å². The van der Waals surface area contributed by atoms with Crippen LogP contribution < -0.4 is 15.1 Å². The fourth-order valence-electron chi connectivity index (χ4n) is 3.95. The van der Waals surface area contributed by atoms with Crippen molar-refractivity contribution in [3.05, 3.63) is 47.5 Å². The maximum atomic E-state index is 12.0. The van der Waals surface area contributed by atoms with Crippen molar-refractivity contribution in [2.45, 2.75) is 47.5 Å². The van der Waals surface area contributed by atoms with E-state index >= 15 is 0 Å². The Morgan fingerprint density at radius 3 is 2.58 bits per heavy atom. The second kappa shape index (κ2) is 18.1. The molecule has 0 radical (unpaired) electrons. The number of morpholine rings is 1. The van der Waals surface area contributed by atoms with Gasteiger partial charge in [0.25, 0.3) is 0 Å². The summed E-state index contributed by atoms with van der Waals surface area (Å²) in [5.74, 6) is 0.824. The number of nitrogens with zero attached hydrogens (tertiary/aromatic N) is 4. The van der Waals surface area contributed by atoms with Crippen LogP contribution in [0.4, 0.5) is 11.5 Å². The Morgan fingerprint density at radius 1 is 1.16 bits per heavy atom. The molecule has 2 heterocycles. The number of ether oxygens (including phenoxy) is 3. The number of hydrazone groups is 1. The number of anilines is 2. The standard InChI is InChI=1S/C27H39N5O4.C2H6.H2/c1-4-10-32(11-5-2)24-19-25(29-26(20-24)36-17-14-31-12-15-34-16-13-31)30-28-21-22-8-7-9-23(18-22)27(33)35-6-3;1-2;/h7-9,18-21H,4-6,10-17H2,1-3H3,(H,29,30);1-2H3;1H/b28-21+;;. The fraction of sp³-hybridized carbons (Fsp3) is 0.552. The molecule has 9 nitrogen and oxygen atoms in total. The summed E-state index contributed by atoms with van der Waals surface area (Å²) >= 11 is 0. The SMILES string of the molecule is CC.CCCN(CCC)c1cc(N/N=C/c2cccc(C(=O)OCC)c2)nc(OCCN2CCOCC2)c1.[HH]. The zero-order valence-corrected chi connectivity index (χ0v) is 23.7. The molecule has 3 rings (SSSR count). The van der Waals surface area contributed by atoms with Crippen LogP contribution in [0.2, 0.25) is 0 Å². The van der Waals surface area contributed by atoms with E-state index < -0.39 is 0 Å². The van der Waals surface area contributed by atoms with Crippen molar-refractivity contribution in [1.29, 1.82) is 0 Å². The minimum atomic E-state index is -0.346. The minimum absolute atomic E-state index is 0. The summed E-state index contributed by atoms with van der Waals surface area (Å²) in [5.41, 5.74) is 5.36. The van der Waals surface area contributed by atoms with Crippen molar-refractivity contribution >= 4 is 23.7 Å². The smallest absolute Gasteiger partial charge is 0.338 e. The summed E-state index contributed by atoms with van der Waals surface area (Å²) in [5, 5.41) is 4.36. The molecule has 1 N–H and O–H groups in total. The van der Waals surface area contributed by atoms with Crippen LogP contribution in [0.5, 0.6) is 5.88 Å². The minimum Gasteiger partial charge on any atom is -0.476 e. The van der Waals surface area contributed by atoms with E-state index in [1.54, 1.807) is 31.3 Å². The summed E-state index contributed by atoms with van der Waals surface area (Å²) in [4.78, 5) is 21.3. The lowest BCUT2D eigenvalue weighted by Gasteiger charge is -2.26. The van der Waals surface area contributed by atoms with E-state index in [9.17, 15) is 4.79 Å². The van der Waals surface area contributed by atoms with Crippen LogP contribution >= 0.6 is 0 Å². The molecule has 0 amide bonds. The number of carbonyl (C=O) groups excluding carboxylic acids is 1. The Bertz CT molecular complexity index is 980. The number of nitrogens with one attached hydrogen (secondary N) is 1. The highest BCUT2D eigenvalue weighted by Crippen LogP contribution is 2.25. The largest absolute Gasteiger partial charge is 0.476 e. The number of aromatic nitrogens is 1. The predicted molar refractivity (Wildman–Crippen MR) is 157 cm³/mol. The van der Waals surface area contributed by atoms with Crippen LogP contribution in [0.1, 0.15) is 64.8 Å². The van der Waals surface area contributed by atoms with Gasteiger partial charge in [-0.1, -0.05) is 39.8 Å². The lowest BCUT2D eigenvalue weighted by Crippen LogP contribution is -2.38. The number of rotatable bonds is 14. The summed E-state index contributed by atoms with van der Waals surface area (Å²) in [7, 11) is 0. The van der Waals surface area contributed by atoms with Crippen molar-refractivity contribution < 1.29 is 20.4 Å². The van der Waals surface area contributed by atoms with Gasteiger partial charge < -0.3 is 19.1 Å². The third-order valence-electron chi connectivity index (χ3n) is 5.69. The van der Waals surface area contributed by atoms with Crippen LogP contribution in [-0.2, 0) is 9.47 Å². The summed E-state index contributed by atoms with van der Waals surface area (Å²) < 4.78 is 16.6. The van der Waals surface area contributed by atoms with Crippen molar-refractivity contribution in [2.24, 2.45) is 5.10 Å². The molecular weight excluding hydrogens is 482 g/mol. The molecule has 1 fully saturated rings. The molecule has 0 bridgehead atoms. The first-order valence-corrected chi connectivity index (χ1v) is 13.9. The highest BCUT2D eigenvalue weighted by atomic mass is 16.5. The van der Waals surface area contributed by atoms with Crippen LogP contribution in [-0.4, -0.2) is 81.2 Å². The monoisotopic (exact) mass is 529 g/mol. The van der Waals surface area contributed by atoms with Gasteiger partial charge in [0.1, 0.15) is 6.61 Å². The van der Waals surface area contributed by atoms with E-state index in [4.69, 9.17) is 14.2 Å². The number of pyridine rings is 1. The van der Waals surface area contributed by atoms with Crippen LogP contribution in [0.3, 0.4) is 0 Å². The van der Waals surface area contributed by atoms with Crippen molar-refractivity contribution in [2.75, 3.05) is 69.5 Å². The molecule has 1 saturated heterocycles. The Labute approximate surface area is 229 Å². The molecule has 1 aliphatic heterocycles. The maximum Gasteiger partial charge on any atom is 0.338 e. The average Bonchev–Trinajstić information content (AvgIpc) is 2.95. The Balaban J connectivity index is 0.00000248. The summed E-state index contributed by atoms with van der Waals surface area (Å²) in [6.07, 6.45) is 3.76. The third-order valence-corrected chi connectivity index (χ3v) is 5.69. The van der Waals surface area contributed by atoms with Gasteiger partial charge in [-0.15, -0.1) is 0 Å². The van der Waals surface area contributed by atoms with Crippen molar-refractivity contribution in [1.82, 2.24) is 9.88 Å². The molecular formula is C29H47N5O4. The van der Waals surface area contributed by atoms with Crippen LogP contribution in [0.15, 0.2) is 41.5 Å². The van der Waals surface area contributed by atoms with E-state index in [0.717, 1.165) is 70.0 Å². The number of hydrogen-bond donors (Lipinski definition) is 1. The molecule has 0 aliphatic carbocycles. The van der Waals surface area contributed by atoms with Gasteiger partial charge in [-0.25, -0.2) is 4.79 Å². The van der Waals surface area contributed by atoms with Gasteiger partial charge in [-0.2, -0.15) is 10.1 Å². The van der Waals surface area contributed by atoms with E-state index in [-0.39, 0.29) is 7.40 Å². The second-order valence-corrected chi connectivity index (χ2v) is 8.55. The van der Waals surface area contributed by atoms with E-state index in [2.05, 4.69) is 39.2 Å². The van der Waals surface area contributed by atoms with Crippen molar-refractivity contribution in [3.8, 4) is 5.88 Å². The van der Waals surface area contributed by atoms with Gasteiger partial charge in [0.2, 0.25) is 5.88 Å².